The molecule has 0 atom stereocenters. The summed E-state index contributed by atoms with van der Waals surface area (Å²) in [5.41, 5.74) is 1.47. The van der Waals surface area contributed by atoms with Crippen molar-refractivity contribution in [1.29, 1.82) is 0 Å². The fraction of sp³-hybridized carbons (Fsp3) is 0.167. The third-order valence-electron chi connectivity index (χ3n) is 2.35. The van der Waals surface area contributed by atoms with Crippen molar-refractivity contribution in [2.24, 2.45) is 0 Å². The number of hydrogen-bond donors (Lipinski definition) is 2. The van der Waals surface area contributed by atoms with Gasteiger partial charge in [0, 0.05) is 6.54 Å². The van der Waals surface area contributed by atoms with Gasteiger partial charge in [0.1, 0.15) is 11.4 Å². The minimum Gasteiger partial charge on any atom is -0.497 e. The summed E-state index contributed by atoms with van der Waals surface area (Å²) < 4.78 is 5.05. The standard InChI is InChI=1S/C12H13N3O2/c1-17-10-4-2-9(3-5-10)6-14-12(16)11-7-13-8-15-11/h2-5,7-8H,6H2,1H3,(H,13,15)(H,14,16). The third-order valence-corrected chi connectivity index (χ3v) is 2.35. The SMILES string of the molecule is COc1ccc(CNC(=O)c2cnc[nH]2)cc1. The number of H-pyrrole nitrogens is 1. The summed E-state index contributed by atoms with van der Waals surface area (Å²) in [5.74, 6) is 0.631. The normalized spacial score (nSPS) is 9.94. The van der Waals surface area contributed by atoms with Gasteiger partial charge in [0.25, 0.3) is 5.91 Å². The molecule has 88 valence electrons. The van der Waals surface area contributed by atoms with Crippen molar-refractivity contribution in [2.45, 2.75) is 6.54 Å². The lowest BCUT2D eigenvalue weighted by Gasteiger charge is -2.05. The number of carbonyl (C=O) groups is 1. The molecule has 1 aromatic heterocycles. The molecule has 0 bridgehead atoms. The van der Waals surface area contributed by atoms with Gasteiger partial charge in [-0.2, -0.15) is 0 Å². The summed E-state index contributed by atoms with van der Waals surface area (Å²) in [4.78, 5) is 18.1. The van der Waals surface area contributed by atoms with Crippen molar-refractivity contribution in [2.75, 3.05) is 7.11 Å². The average molecular weight is 231 g/mol. The Labute approximate surface area is 98.8 Å². The number of benzene rings is 1. The highest BCUT2D eigenvalue weighted by atomic mass is 16.5. The van der Waals surface area contributed by atoms with Gasteiger partial charge in [0.15, 0.2) is 0 Å². The van der Waals surface area contributed by atoms with Gasteiger partial charge < -0.3 is 15.0 Å². The summed E-state index contributed by atoms with van der Waals surface area (Å²) in [5, 5.41) is 2.79. The first-order valence-electron chi connectivity index (χ1n) is 5.19. The fourth-order valence-corrected chi connectivity index (χ4v) is 1.40. The van der Waals surface area contributed by atoms with Gasteiger partial charge >= 0.3 is 0 Å². The van der Waals surface area contributed by atoms with Crippen LogP contribution in [0.3, 0.4) is 0 Å². The zero-order valence-corrected chi connectivity index (χ0v) is 9.43. The predicted molar refractivity (Wildman–Crippen MR) is 62.8 cm³/mol. The molecule has 2 N–H and O–H groups in total. The Bertz CT molecular complexity index is 477. The van der Waals surface area contributed by atoms with Crippen LogP contribution in [0.1, 0.15) is 16.1 Å². The van der Waals surface area contributed by atoms with Crippen LogP contribution in [0.25, 0.3) is 0 Å². The van der Waals surface area contributed by atoms with E-state index in [9.17, 15) is 4.79 Å². The topological polar surface area (TPSA) is 67.0 Å². The molecule has 1 aromatic carbocycles. The number of nitrogens with one attached hydrogen (secondary N) is 2. The van der Waals surface area contributed by atoms with Gasteiger partial charge in [-0.1, -0.05) is 12.1 Å². The molecule has 0 aliphatic rings. The molecule has 1 heterocycles. The highest BCUT2D eigenvalue weighted by Gasteiger charge is 2.05. The number of methoxy groups -OCH3 is 1. The van der Waals surface area contributed by atoms with E-state index in [-0.39, 0.29) is 5.91 Å². The van der Waals surface area contributed by atoms with Crippen molar-refractivity contribution >= 4 is 5.91 Å². The zero-order valence-electron chi connectivity index (χ0n) is 9.43. The number of aromatic nitrogens is 2. The van der Waals surface area contributed by atoms with Crippen LogP contribution in [0.4, 0.5) is 0 Å². The second-order valence-electron chi connectivity index (χ2n) is 3.50. The van der Waals surface area contributed by atoms with E-state index in [0.29, 0.717) is 12.2 Å². The van der Waals surface area contributed by atoms with Crippen LogP contribution in [-0.2, 0) is 6.54 Å². The van der Waals surface area contributed by atoms with Gasteiger partial charge in [-0.15, -0.1) is 0 Å². The van der Waals surface area contributed by atoms with Crippen LogP contribution < -0.4 is 10.1 Å². The van der Waals surface area contributed by atoms with Crippen LogP contribution in [0.2, 0.25) is 0 Å². The number of ether oxygens (including phenoxy) is 1. The zero-order chi connectivity index (χ0) is 12.1. The van der Waals surface area contributed by atoms with Crippen molar-refractivity contribution in [1.82, 2.24) is 15.3 Å². The molecule has 5 nitrogen and oxygen atoms in total. The second-order valence-corrected chi connectivity index (χ2v) is 3.50. The summed E-state index contributed by atoms with van der Waals surface area (Å²) in [7, 11) is 1.62. The first-order chi connectivity index (χ1) is 8.29. The summed E-state index contributed by atoms with van der Waals surface area (Å²) in [6.07, 6.45) is 2.96. The summed E-state index contributed by atoms with van der Waals surface area (Å²) in [6.45, 7) is 0.474. The van der Waals surface area contributed by atoms with Gasteiger partial charge in [-0.05, 0) is 17.7 Å². The maximum atomic E-state index is 11.6. The lowest BCUT2D eigenvalue weighted by atomic mass is 10.2. The lowest BCUT2D eigenvalue weighted by Crippen LogP contribution is -2.22. The largest absolute Gasteiger partial charge is 0.497 e. The first kappa shape index (κ1) is 11.2. The Morgan fingerprint density at radius 2 is 2.18 bits per heavy atom. The summed E-state index contributed by atoms with van der Waals surface area (Å²) >= 11 is 0. The van der Waals surface area contributed by atoms with E-state index in [1.807, 2.05) is 24.3 Å². The molecule has 2 aromatic rings. The number of amides is 1. The Balaban J connectivity index is 1.91. The predicted octanol–water partition coefficient (Wildman–Crippen LogP) is 1.35. The number of nitrogens with zero attached hydrogens (tertiary/aromatic N) is 1. The summed E-state index contributed by atoms with van der Waals surface area (Å²) in [6, 6.07) is 7.54. The van der Waals surface area contributed by atoms with E-state index in [2.05, 4.69) is 15.3 Å². The molecule has 0 saturated heterocycles. The first-order valence-corrected chi connectivity index (χ1v) is 5.19. The highest BCUT2D eigenvalue weighted by molar-refractivity contribution is 5.91. The maximum Gasteiger partial charge on any atom is 0.269 e. The van der Waals surface area contributed by atoms with Crippen LogP contribution in [-0.4, -0.2) is 23.0 Å². The van der Waals surface area contributed by atoms with Gasteiger partial charge in [0.05, 0.1) is 19.6 Å². The Morgan fingerprint density at radius 1 is 1.41 bits per heavy atom. The Hall–Kier alpha value is -2.30. The molecule has 2 rings (SSSR count). The van der Waals surface area contributed by atoms with Crippen LogP contribution >= 0.6 is 0 Å². The maximum absolute atomic E-state index is 11.6. The number of rotatable bonds is 4. The van der Waals surface area contributed by atoms with Crippen molar-refractivity contribution < 1.29 is 9.53 Å². The van der Waals surface area contributed by atoms with Crippen LogP contribution in [0, 0.1) is 0 Å². The molecular formula is C12H13N3O2. The number of hydrogen-bond acceptors (Lipinski definition) is 3. The monoisotopic (exact) mass is 231 g/mol. The smallest absolute Gasteiger partial charge is 0.269 e. The van der Waals surface area contributed by atoms with E-state index < -0.39 is 0 Å². The average Bonchev–Trinajstić information content (AvgIpc) is 2.90. The van der Waals surface area contributed by atoms with Gasteiger partial charge in [-0.3, -0.25) is 4.79 Å². The van der Waals surface area contributed by atoms with Crippen LogP contribution in [0.15, 0.2) is 36.8 Å². The molecular weight excluding hydrogens is 218 g/mol. The molecule has 1 amide bonds. The van der Waals surface area contributed by atoms with Crippen molar-refractivity contribution in [3.63, 3.8) is 0 Å². The van der Waals surface area contributed by atoms with E-state index in [4.69, 9.17) is 4.74 Å². The number of carbonyl (C=O) groups excluding carboxylic acids is 1. The molecule has 0 aliphatic heterocycles. The highest BCUT2D eigenvalue weighted by Crippen LogP contribution is 2.10. The molecule has 0 aliphatic carbocycles. The van der Waals surface area contributed by atoms with Gasteiger partial charge in [0.2, 0.25) is 0 Å². The molecule has 0 unspecified atom stereocenters. The van der Waals surface area contributed by atoms with Gasteiger partial charge in [-0.25, -0.2) is 4.98 Å². The number of aromatic amines is 1. The fourth-order valence-electron chi connectivity index (χ4n) is 1.40. The van der Waals surface area contributed by atoms with E-state index in [0.717, 1.165) is 11.3 Å². The molecule has 0 fully saturated rings. The van der Waals surface area contributed by atoms with E-state index in [1.54, 1.807) is 7.11 Å². The molecule has 17 heavy (non-hydrogen) atoms. The van der Waals surface area contributed by atoms with E-state index >= 15 is 0 Å². The Morgan fingerprint density at radius 3 is 2.76 bits per heavy atom. The van der Waals surface area contributed by atoms with E-state index in [1.165, 1.54) is 12.5 Å². The Kier molecular flexibility index (Phi) is 3.40. The third kappa shape index (κ3) is 2.84. The lowest BCUT2D eigenvalue weighted by molar-refractivity contribution is 0.0946. The minimum atomic E-state index is -0.168. The minimum absolute atomic E-state index is 0.168. The quantitative estimate of drug-likeness (QED) is 0.834. The van der Waals surface area contributed by atoms with Crippen LogP contribution in [0.5, 0.6) is 5.75 Å². The molecule has 5 heteroatoms. The molecule has 0 spiro atoms. The number of imidazole rings is 1. The molecule has 0 radical (unpaired) electrons. The second kappa shape index (κ2) is 5.16. The van der Waals surface area contributed by atoms with Crippen molar-refractivity contribution in [3.05, 3.63) is 48.0 Å². The van der Waals surface area contributed by atoms with Crippen molar-refractivity contribution in [3.8, 4) is 5.75 Å². The molecule has 0 saturated carbocycles.